The summed E-state index contributed by atoms with van der Waals surface area (Å²) in [7, 11) is 0. The van der Waals surface area contributed by atoms with Gasteiger partial charge in [-0.15, -0.1) is 0 Å². The Morgan fingerprint density at radius 2 is 2.31 bits per heavy atom. The Bertz CT molecular complexity index is 357. The normalized spacial score (nSPS) is 14.8. The molecule has 86 valence electrons. The van der Waals surface area contributed by atoms with Crippen molar-refractivity contribution in [3.63, 3.8) is 0 Å². The van der Waals surface area contributed by atoms with E-state index in [1.54, 1.807) is 12.1 Å². The quantitative estimate of drug-likeness (QED) is 0.717. The maximum absolute atomic E-state index is 10.8. The molecule has 0 unspecified atom stereocenters. The zero-order chi connectivity index (χ0) is 11.4. The van der Waals surface area contributed by atoms with Gasteiger partial charge in [0.05, 0.1) is 5.56 Å². The van der Waals surface area contributed by atoms with Crippen LogP contribution < -0.4 is 11.1 Å². The molecule has 3 N–H and O–H groups in total. The number of anilines is 1. The second-order valence-corrected chi connectivity index (χ2v) is 4.31. The number of carbonyl (C=O) groups excluding carboxylic acids is 1. The van der Waals surface area contributed by atoms with Gasteiger partial charge in [-0.3, -0.25) is 4.79 Å². The molecule has 0 saturated heterocycles. The van der Waals surface area contributed by atoms with Gasteiger partial charge in [0, 0.05) is 12.7 Å². The molecule has 1 heterocycles. The first-order valence-corrected chi connectivity index (χ1v) is 5.75. The molecule has 0 radical (unpaired) electrons. The summed E-state index contributed by atoms with van der Waals surface area (Å²) in [4.78, 5) is 14.9. The summed E-state index contributed by atoms with van der Waals surface area (Å²) in [5.74, 6) is 1.35. The first-order valence-electron chi connectivity index (χ1n) is 5.75. The van der Waals surface area contributed by atoms with Gasteiger partial charge >= 0.3 is 0 Å². The minimum Gasteiger partial charge on any atom is -0.370 e. The third-order valence-electron chi connectivity index (χ3n) is 2.84. The molecule has 1 amide bonds. The summed E-state index contributed by atoms with van der Waals surface area (Å²) >= 11 is 0. The summed E-state index contributed by atoms with van der Waals surface area (Å²) in [5, 5.41) is 3.23. The lowest BCUT2D eigenvalue weighted by Gasteiger charge is -2.05. The van der Waals surface area contributed by atoms with Crippen LogP contribution in [-0.2, 0) is 0 Å². The minimum atomic E-state index is -0.437. The fourth-order valence-electron chi connectivity index (χ4n) is 1.66. The van der Waals surface area contributed by atoms with Crippen molar-refractivity contribution in [2.45, 2.75) is 25.7 Å². The Morgan fingerprint density at radius 3 is 2.88 bits per heavy atom. The van der Waals surface area contributed by atoms with E-state index in [0.29, 0.717) is 5.56 Å². The molecule has 4 heteroatoms. The van der Waals surface area contributed by atoms with Crippen molar-refractivity contribution in [3.05, 3.63) is 23.9 Å². The van der Waals surface area contributed by atoms with Gasteiger partial charge in [0.2, 0.25) is 5.91 Å². The lowest BCUT2D eigenvalue weighted by atomic mass is 10.2. The highest BCUT2D eigenvalue weighted by Gasteiger charge is 2.19. The molecule has 1 saturated carbocycles. The van der Waals surface area contributed by atoms with Gasteiger partial charge in [-0.25, -0.2) is 4.98 Å². The molecule has 1 aliphatic rings. The number of rotatable bonds is 6. The summed E-state index contributed by atoms with van der Waals surface area (Å²) in [5.41, 5.74) is 5.57. The summed E-state index contributed by atoms with van der Waals surface area (Å²) in [6.45, 7) is 0.944. The van der Waals surface area contributed by atoms with Crippen LogP contribution in [0.2, 0.25) is 0 Å². The number of amides is 1. The van der Waals surface area contributed by atoms with E-state index in [0.717, 1.165) is 18.3 Å². The van der Waals surface area contributed by atoms with Crippen LogP contribution in [0.15, 0.2) is 18.3 Å². The molecule has 2 rings (SSSR count). The Labute approximate surface area is 95.3 Å². The number of carbonyl (C=O) groups is 1. The molecule has 0 bridgehead atoms. The molecule has 1 aliphatic carbocycles. The maximum atomic E-state index is 10.8. The molecule has 16 heavy (non-hydrogen) atoms. The Morgan fingerprint density at radius 1 is 1.50 bits per heavy atom. The van der Waals surface area contributed by atoms with Crippen LogP contribution in [0.25, 0.3) is 0 Å². The highest BCUT2D eigenvalue weighted by Crippen LogP contribution is 2.33. The predicted octanol–water partition coefficient (Wildman–Crippen LogP) is 1.78. The van der Waals surface area contributed by atoms with E-state index in [1.165, 1.54) is 31.9 Å². The van der Waals surface area contributed by atoms with E-state index < -0.39 is 5.91 Å². The number of nitrogens with one attached hydrogen (secondary N) is 1. The molecule has 1 aromatic rings. The second kappa shape index (κ2) is 4.96. The smallest absolute Gasteiger partial charge is 0.250 e. The topological polar surface area (TPSA) is 68.0 Å². The van der Waals surface area contributed by atoms with E-state index in [-0.39, 0.29) is 0 Å². The number of nitrogens with zero attached hydrogens (tertiary/aromatic N) is 1. The highest BCUT2D eigenvalue weighted by atomic mass is 16.1. The predicted molar refractivity (Wildman–Crippen MR) is 63.2 cm³/mol. The fraction of sp³-hybridized carbons (Fsp3) is 0.500. The summed E-state index contributed by atoms with van der Waals surface area (Å²) in [6.07, 6.45) is 6.82. The number of primary amides is 1. The van der Waals surface area contributed by atoms with Crippen molar-refractivity contribution in [1.82, 2.24) is 4.98 Å². The molecule has 4 nitrogen and oxygen atoms in total. The van der Waals surface area contributed by atoms with E-state index >= 15 is 0 Å². The van der Waals surface area contributed by atoms with Gasteiger partial charge in [0.15, 0.2) is 0 Å². The fourth-order valence-corrected chi connectivity index (χ4v) is 1.66. The third-order valence-corrected chi connectivity index (χ3v) is 2.84. The molecule has 1 aromatic heterocycles. The van der Waals surface area contributed by atoms with E-state index in [1.807, 2.05) is 0 Å². The Balaban J connectivity index is 1.73. The number of hydrogen-bond acceptors (Lipinski definition) is 3. The third kappa shape index (κ3) is 3.22. The van der Waals surface area contributed by atoms with Gasteiger partial charge in [-0.05, 0) is 30.9 Å². The molecular formula is C12H17N3O. The monoisotopic (exact) mass is 219 g/mol. The van der Waals surface area contributed by atoms with Crippen molar-refractivity contribution in [1.29, 1.82) is 0 Å². The molecular weight excluding hydrogens is 202 g/mol. The first kappa shape index (κ1) is 10.9. The maximum Gasteiger partial charge on any atom is 0.250 e. The van der Waals surface area contributed by atoms with Crippen molar-refractivity contribution in [2.75, 3.05) is 11.9 Å². The Kier molecular flexibility index (Phi) is 3.39. The van der Waals surface area contributed by atoms with Crippen LogP contribution in [0.3, 0.4) is 0 Å². The lowest BCUT2D eigenvalue weighted by molar-refractivity contribution is 0.1000. The van der Waals surface area contributed by atoms with Crippen LogP contribution >= 0.6 is 0 Å². The molecule has 0 aliphatic heterocycles. The second-order valence-electron chi connectivity index (χ2n) is 4.31. The molecule has 0 atom stereocenters. The van der Waals surface area contributed by atoms with Gasteiger partial charge in [0.1, 0.15) is 5.82 Å². The largest absolute Gasteiger partial charge is 0.370 e. The van der Waals surface area contributed by atoms with Crippen LogP contribution in [0.5, 0.6) is 0 Å². The number of hydrogen-bond donors (Lipinski definition) is 2. The van der Waals surface area contributed by atoms with Gasteiger partial charge in [0.25, 0.3) is 0 Å². The average molecular weight is 219 g/mol. The van der Waals surface area contributed by atoms with Crippen LogP contribution in [0.1, 0.15) is 36.0 Å². The van der Waals surface area contributed by atoms with Gasteiger partial charge in [-0.2, -0.15) is 0 Å². The lowest BCUT2D eigenvalue weighted by Crippen LogP contribution is -2.11. The molecule has 1 fully saturated rings. The van der Waals surface area contributed by atoms with E-state index in [4.69, 9.17) is 5.73 Å². The number of nitrogens with two attached hydrogens (primary N) is 1. The molecule has 0 spiro atoms. The van der Waals surface area contributed by atoms with Crippen molar-refractivity contribution >= 4 is 11.7 Å². The molecule has 0 aromatic carbocycles. The number of aromatic nitrogens is 1. The van der Waals surface area contributed by atoms with E-state index in [9.17, 15) is 4.79 Å². The zero-order valence-electron chi connectivity index (χ0n) is 9.28. The number of pyridine rings is 1. The van der Waals surface area contributed by atoms with Gasteiger partial charge < -0.3 is 11.1 Å². The van der Waals surface area contributed by atoms with Crippen molar-refractivity contribution in [2.24, 2.45) is 11.7 Å². The van der Waals surface area contributed by atoms with Crippen LogP contribution in [0.4, 0.5) is 5.82 Å². The van der Waals surface area contributed by atoms with Gasteiger partial charge in [-0.1, -0.05) is 12.8 Å². The highest BCUT2D eigenvalue weighted by molar-refractivity contribution is 5.92. The first-order chi connectivity index (χ1) is 7.75. The van der Waals surface area contributed by atoms with Crippen LogP contribution in [0, 0.1) is 5.92 Å². The van der Waals surface area contributed by atoms with Crippen molar-refractivity contribution < 1.29 is 4.79 Å². The van der Waals surface area contributed by atoms with Crippen LogP contribution in [-0.4, -0.2) is 17.4 Å². The Hall–Kier alpha value is -1.58. The van der Waals surface area contributed by atoms with E-state index in [2.05, 4.69) is 10.3 Å². The summed E-state index contributed by atoms with van der Waals surface area (Å²) in [6, 6.07) is 3.48. The SMILES string of the molecule is NC(=O)c1ccc(NCCCC2CC2)nc1. The average Bonchev–Trinajstić information content (AvgIpc) is 3.09. The van der Waals surface area contributed by atoms with Crippen molar-refractivity contribution in [3.8, 4) is 0 Å². The summed E-state index contributed by atoms with van der Waals surface area (Å²) < 4.78 is 0. The minimum absolute atomic E-state index is 0.437. The zero-order valence-corrected chi connectivity index (χ0v) is 9.28. The standard InChI is InChI=1S/C12H17N3O/c13-12(16)10-5-6-11(15-8-10)14-7-1-2-9-3-4-9/h5-6,8-9H,1-4,7H2,(H2,13,16)(H,14,15).